The second-order valence-electron chi connectivity index (χ2n) is 5.86. The van der Waals surface area contributed by atoms with Crippen LogP contribution in [0.1, 0.15) is 36.9 Å². The van der Waals surface area contributed by atoms with Gasteiger partial charge in [-0.1, -0.05) is 11.6 Å². The van der Waals surface area contributed by atoms with E-state index in [0.717, 1.165) is 25.4 Å². The summed E-state index contributed by atoms with van der Waals surface area (Å²) in [7, 11) is 0. The summed E-state index contributed by atoms with van der Waals surface area (Å²) < 4.78 is 11.2. The van der Waals surface area contributed by atoms with E-state index in [0.29, 0.717) is 23.5 Å². The Hall–Kier alpha value is -1.73. The summed E-state index contributed by atoms with van der Waals surface area (Å²) in [4.78, 5) is 6.94. The summed E-state index contributed by atoms with van der Waals surface area (Å²) in [6, 6.07) is 2.45. The normalized spacial score (nSPS) is 26.7. The lowest BCUT2D eigenvalue weighted by Crippen LogP contribution is -2.49. The van der Waals surface area contributed by atoms with Gasteiger partial charge in [0.2, 0.25) is 5.82 Å². The zero-order chi connectivity index (χ0) is 14.2. The number of nitrogens with zero attached hydrogens (tertiary/aromatic N) is 4. The summed E-state index contributed by atoms with van der Waals surface area (Å²) in [5.41, 5.74) is 1.65. The van der Waals surface area contributed by atoms with E-state index >= 15 is 0 Å². The predicted molar refractivity (Wildman–Crippen MR) is 74.5 cm³/mol. The highest BCUT2D eigenvalue weighted by molar-refractivity contribution is 5.46. The van der Waals surface area contributed by atoms with E-state index in [9.17, 15) is 0 Å². The lowest BCUT2D eigenvalue weighted by molar-refractivity contribution is -0.0805. The third kappa shape index (κ3) is 2.47. The summed E-state index contributed by atoms with van der Waals surface area (Å²) in [6.45, 7) is 4.70. The summed E-state index contributed by atoms with van der Waals surface area (Å²) >= 11 is 0. The lowest BCUT2D eigenvalue weighted by atomic mass is 10.0. The third-order valence-corrected chi connectivity index (χ3v) is 4.29. The number of aromatic amines is 1. The minimum atomic E-state index is -0.100. The number of rotatable bonds is 2. The van der Waals surface area contributed by atoms with Crippen LogP contribution in [0.4, 0.5) is 0 Å². The van der Waals surface area contributed by atoms with Crippen molar-refractivity contribution in [1.82, 2.24) is 25.2 Å². The molecule has 0 aliphatic carbocycles. The van der Waals surface area contributed by atoms with Crippen LogP contribution in [0.15, 0.2) is 10.6 Å². The Morgan fingerprint density at radius 2 is 2.33 bits per heavy atom. The molecular formula is C14H19N5O2. The van der Waals surface area contributed by atoms with Gasteiger partial charge in [0.15, 0.2) is 5.69 Å². The molecular weight excluding hydrogens is 270 g/mol. The van der Waals surface area contributed by atoms with Gasteiger partial charge in [0, 0.05) is 18.3 Å². The second-order valence-corrected chi connectivity index (χ2v) is 5.86. The molecule has 0 amide bonds. The number of fused-ring (bicyclic) bond motifs is 1. The Labute approximate surface area is 122 Å². The first-order chi connectivity index (χ1) is 10.3. The SMILES string of the molecule is Cc1cc(-c2nc(C3CN4CCCCC4CO3)no2)n[nH]1. The average molecular weight is 289 g/mol. The molecule has 4 heterocycles. The number of piperidine rings is 1. The van der Waals surface area contributed by atoms with E-state index in [2.05, 4.69) is 25.2 Å². The van der Waals surface area contributed by atoms with Crippen molar-refractivity contribution in [1.29, 1.82) is 0 Å². The number of aromatic nitrogens is 4. The van der Waals surface area contributed by atoms with Crippen molar-refractivity contribution in [3.05, 3.63) is 17.6 Å². The first kappa shape index (κ1) is 13.0. The molecule has 112 valence electrons. The van der Waals surface area contributed by atoms with E-state index in [1.54, 1.807) is 0 Å². The van der Waals surface area contributed by atoms with Gasteiger partial charge in [-0.15, -0.1) is 0 Å². The van der Waals surface area contributed by atoms with E-state index in [1.807, 2.05) is 13.0 Å². The number of H-pyrrole nitrogens is 1. The van der Waals surface area contributed by atoms with Crippen LogP contribution in [0.25, 0.3) is 11.6 Å². The summed E-state index contributed by atoms with van der Waals surface area (Å²) in [5.74, 6) is 1.06. The molecule has 0 radical (unpaired) electrons. The van der Waals surface area contributed by atoms with Gasteiger partial charge in [-0.25, -0.2) is 0 Å². The Morgan fingerprint density at radius 3 is 3.19 bits per heavy atom. The highest BCUT2D eigenvalue weighted by atomic mass is 16.5. The molecule has 2 aliphatic heterocycles. The van der Waals surface area contributed by atoms with Gasteiger partial charge in [-0.2, -0.15) is 10.1 Å². The zero-order valence-corrected chi connectivity index (χ0v) is 12.1. The smallest absolute Gasteiger partial charge is 0.278 e. The Kier molecular flexibility index (Phi) is 3.23. The molecule has 2 aromatic heterocycles. The number of hydrogen-bond donors (Lipinski definition) is 1. The van der Waals surface area contributed by atoms with Crippen LogP contribution in [-0.2, 0) is 4.74 Å². The highest BCUT2D eigenvalue weighted by Crippen LogP contribution is 2.29. The lowest BCUT2D eigenvalue weighted by Gasteiger charge is -2.41. The fraction of sp³-hybridized carbons (Fsp3) is 0.643. The van der Waals surface area contributed by atoms with Crippen molar-refractivity contribution in [2.75, 3.05) is 19.7 Å². The molecule has 21 heavy (non-hydrogen) atoms. The molecule has 0 aromatic carbocycles. The number of hydrogen-bond acceptors (Lipinski definition) is 6. The Balaban J connectivity index is 1.50. The summed E-state index contributed by atoms with van der Waals surface area (Å²) in [6.07, 6.45) is 3.71. The molecule has 1 N–H and O–H groups in total. The van der Waals surface area contributed by atoms with Crippen LogP contribution in [0.2, 0.25) is 0 Å². The van der Waals surface area contributed by atoms with Crippen molar-refractivity contribution >= 4 is 0 Å². The van der Waals surface area contributed by atoms with Gasteiger partial charge < -0.3 is 9.26 Å². The van der Waals surface area contributed by atoms with Crippen LogP contribution in [0.5, 0.6) is 0 Å². The van der Waals surface area contributed by atoms with Crippen LogP contribution < -0.4 is 0 Å². The molecule has 2 fully saturated rings. The fourth-order valence-corrected chi connectivity index (χ4v) is 3.14. The molecule has 0 saturated carbocycles. The van der Waals surface area contributed by atoms with Crippen molar-refractivity contribution in [2.24, 2.45) is 0 Å². The van der Waals surface area contributed by atoms with Gasteiger partial charge in [0.25, 0.3) is 5.89 Å². The third-order valence-electron chi connectivity index (χ3n) is 4.29. The van der Waals surface area contributed by atoms with E-state index in [-0.39, 0.29) is 6.10 Å². The van der Waals surface area contributed by atoms with Gasteiger partial charge in [0.1, 0.15) is 6.10 Å². The molecule has 2 aliphatic rings. The minimum absolute atomic E-state index is 0.100. The molecule has 0 bridgehead atoms. The number of ether oxygens (including phenoxy) is 1. The van der Waals surface area contributed by atoms with Crippen molar-refractivity contribution in [3.8, 4) is 11.6 Å². The maximum Gasteiger partial charge on any atom is 0.278 e. The number of morpholine rings is 1. The van der Waals surface area contributed by atoms with Crippen LogP contribution >= 0.6 is 0 Å². The van der Waals surface area contributed by atoms with E-state index in [4.69, 9.17) is 9.26 Å². The van der Waals surface area contributed by atoms with Gasteiger partial charge >= 0.3 is 0 Å². The van der Waals surface area contributed by atoms with Crippen LogP contribution in [0.3, 0.4) is 0 Å². The molecule has 2 unspecified atom stereocenters. The van der Waals surface area contributed by atoms with Crippen LogP contribution in [0, 0.1) is 6.92 Å². The maximum absolute atomic E-state index is 5.93. The van der Waals surface area contributed by atoms with Crippen molar-refractivity contribution in [3.63, 3.8) is 0 Å². The largest absolute Gasteiger partial charge is 0.367 e. The molecule has 0 spiro atoms. The second kappa shape index (κ2) is 5.23. The topological polar surface area (TPSA) is 80.1 Å². The summed E-state index contributed by atoms with van der Waals surface area (Å²) in [5, 5.41) is 11.1. The first-order valence-corrected chi connectivity index (χ1v) is 7.51. The fourth-order valence-electron chi connectivity index (χ4n) is 3.14. The highest BCUT2D eigenvalue weighted by Gasteiger charge is 2.33. The maximum atomic E-state index is 5.93. The Morgan fingerprint density at radius 1 is 1.38 bits per heavy atom. The first-order valence-electron chi connectivity index (χ1n) is 7.51. The molecule has 7 nitrogen and oxygen atoms in total. The molecule has 2 saturated heterocycles. The quantitative estimate of drug-likeness (QED) is 0.906. The van der Waals surface area contributed by atoms with Crippen molar-refractivity contribution in [2.45, 2.75) is 38.3 Å². The predicted octanol–water partition coefficient (Wildman–Crippen LogP) is 1.69. The van der Waals surface area contributed by atoms with Gasteiger partial charge in [-0.05, 0) is 32.4 Å². The number of nitrogens with one attached hydrogen (secondary N) is 1. The van der Waals surface area contributed by atoms with Crippen molar-refractivity contribution < 1.29 is 9.26 Å². The van der Waals surface area contributed by atoms with E-state index in [1.165, 1.54) is 19.3 Å². The van der Waals surface area contributed by atoms with Gasteiger partial charge in [-0.3, -0.25) is 10.00 Å². The number of aryl methyl sites for hydroxylation is 1. The standard InChI is InChI=1S/C14H19N5O2/c1-9-6-11(17-16-9)14-15-13(18-21-14)12-7-19-5-3-2-4-10(19)8-20-12/h6,10,12H,2-5,7-8H2,1H3,(H,16,17). The van der Waals surface area contributed by atoms with E-state index < -0.39 is 0 Å². The van der Waals surface area contributed by atoms with Crippen LogP contribution in [-0.4, -0.2) is 51.0 Å². The molecule has 4 rings (SSSR count). The molecule has 7 heteroatoms. The minimum Gasteiger partial charge on any atom is -0.367 e. The molecule has 2 atom stereocenters. The molecule has 2 aromatic rings. The monoisotopic (exact) mass is 289 g/mol. The van der Waals surface area contributed by atoms with Gasteiger partial charge in [0.05, 0.1) is 6.61 Å². The Bertz CT molecular complexity index is 622. The zero-order valence-electron chi connectivity index (χ0n) is 12.1. The average Bonchev–Trinajstić information content (AvgIpc) is 3.15.